The van der Waals surface area contributed by atoms with Gasteiger partial charge in [-0.3, -0.25) is 10.1 Å². The smallest absolute Gasteiger partial charge is 0.250 e. The maximum atomic E-state index is 12.6. The van der Waals surface area contributed by atoms with Crippen LogP contribution in [0.15, 0.2) is 73.2 Å². The molecular formula is C21H17N5O. The number of rotatable bonds is 4. The number of nitrogens with zero attached hydrogens (tertiary/aromatic N) is 4. The number of imidazole rings is 1. The van der Waals surface area contributed by atoms with E-state index in [0.717, 1.165) is 11.3 Å². The Labute approximate surface area is 166 Å². The molecule has 0 radical (unpaired) electrons. The van der Waals surface area contributed by atoms with E-state index in [9.17, 15) is 4.79 Å². The molecule has 2 aromatic carbocycles. The van der Waals surface area contributed by atoms with Gasteiger partial charge in [0, 0.05) is 30.2 Å². The van der Waals surface area contributed by atoms with E-state index in [0.29, 0.717) is 10.9 Å². The second-order valence-corrected chi connectivity index (χ2v) is 5.56. The molecule has 2 heterocycles. The Morgan fingerprint density at radius 3 is 2.89 bits per heavy atom. The summed E-state index contributed by atoms with van der Waals surface area (Å²) in [5, 5.41) is 3.05. The molecule has 0 fully saturated rings. The number of aryl methyl sites for hydroxylation is 1. The van der Waals surface area contributed by atoms with Crippen LogP contribution in [0.25, 0.3) is 28.2 Å². The molecule has 27 heavy (non-hydrogen) atoms. The van der Waals surface area contributed by atoms with Crippen LogP contribution in [-0.4, -0.2) is 25.4 Å². The van der Waals surface area contributed by atoms with Crippen molar-refractivity contribution in [3.8, 4) is 11.3 Å². The molecule has 2 aromatic heterocycles. The first-order valence-electron chi connectivity index (χ1n) is 11.4. The molecule has 0 saturated heterocycles. The number of anilines is 1. The van der Waals surface area contributed by atoms with Crippen LogP contribution >= 0.6 is 0 Å². The molecule has 0 saturated carbocycles. The molecule has 0 aliphatic rings. The van der Waals surface area contributed by atoms with Crippen molar-refractivity contribution in [2.24, 2.45) is 7.05 Å². The predicted molar refractivity (Wildman–Crippen MR) is 106 cm³/mol. The highest BCUT2D eigenvalue weighted by atomic mass is 16.1. The van der Waals surface area contributed by atoms with Crippen molar-refractivity contribution in [1.82, 2.24) is 19.5 Å². The first-order valence-corrected chi connectivity index (χ1v) is 7.89. The summed E-state index contributed by atoms with van der Waals surface area (Å²) >= 11 is 0. The quantitative estimate of drug-likeness (QED) is 0.562. The van der Waals surface area contributed by atoms with E-state index in [1.807, 2.05) is 23.7 Å². The van der Waals surface area contributed by atoms with E-state index < -0.39 is 53.8 Å². The molecule has 0 spiro atoms. The Bertz CT molecular complexity index is 1470. The highest BCUT2D eigenvalue weighted by molar-refractivity contribution is 6.01. The first-order chi connectivity index (χ1) is 16.1. The topological polar surface area (TPSA) is 72.7 Å². The number of benzene rings is 2. The van der Waals surface area contributed by atoms with Crippen molar-refractivity contribution in [2.45, 2.75) is 0 Å². The molecule has 0 aliphatic heterocycles. The lowest BCUT2D eigenvalue weighted by Crippen LogP contribution is -2.10. The zero-order chi connectivity index (χ0) is 24.7. The molecule has 0 bridgehead atoms. The largest absolute Gasteiger partial charge is 0.334 e. The molecule has 4 rings (SSSR count). The summed E-state index contributed by atoms with van der Waals surface area (Å²) in [6.07, 6.45) is 4.87. The highest BCUT2D eigenvalue weighted by Crippen LogP contribution is 2.23. The molecule has 4 aromatic rings. The molecule has 0 atom stereocenters. The highest BCUT2D eigenvalue weighted by Gasteiger charge is 2.07. The van der Waals surface area contributed by atoms with E-state index in [1.165, 1.54) is 6.20 Å². The van der Waals surface area contributed by atoms with Gasteiger partial charge in [-0.1, -0.05) is 42.3 Å². The Kier molecular flexibility index (Phi) is 2.77. The normalized spacial score (nSPS) is 15.5. The number of hydrogen-bond acceptors (Lipinski definition) is 4. The molecule has 0 unspecified atom stereocenters. The summed E-state index contributed by atoms with van der Waals surface area (Å²) in [6.45, 7) is 0. The summed E-state index contributed by atoms with van der Waals surface area (Å²) < 4.78 is 57.0. The first kappa shape index (κ1) is 10.4. The van der Waals surface area contributed by atoms with Crippen LogP contribution in [0.4, 0.5) is 5.95 Å². The number of aromatic nitrogens is 4. The maximum Gasteiger partial charge on any atom is 0.250 e. The van der Waals surface area contributed by atoms with Crippen LogP contribution in [0.1, 0.15) is 15.2 Å². The minimum absolute atomic E-state index is 0.113. The zero-order valence-corrected chi connectivity index (χ0v) is 14.2. The number of nitrogens with one attached hydrogen (secondary N) is 1. The Balaban J connectivity index is 1.68. The fourth-order valence-electron chi connectivity index (χ4n) is 2.44. The summed E-state index contributed by atoms with van der Waals surface area (Å²) in [4.78, 5) is 25.1. The molecule has 1 amide bonds. The number of amides is 1. The minimum Gasteiger partial charge on any atom is -0.334 e. The lowest BCUT2D eigenvalue weighted by Gasteiger charge is -2.06. The van der Waals surface area contributed by atoms with Crippen molar-refractivity contribution in [1.29, 1.82) is 0 Å². The second-order valence-electron chi connectivity index (χ2n) is 5.56. The van der Waals surface area contributed by atoms with Crippen LogP contribution in [-0.2, 0) is 11.8 Å². The van der Waals surface area contributed by atoms with E-state index in [1.54, 1.807) is 18.6 Å². The number of carbonyl (C=O) groups excluding carboxylic acids is 1. The van der Waals surface area contributed by atoms with Crippen LogP contribution in [0.3, 0.4) is 0 Å². The van der Waals surface area contributed by atoms with Gasteiger partial charge in [0.05, 0.1) is 33.3 Å². The standard InChI is InChI=1S/C21H17N5O/c1-26-14-22-13-19(26)16-8-9-17-12-23-21(24-18(17)11-16)25-20(27)10-7-15-5-3-2-4-6-15/h2-14H,1H3,(H,23,24,25,27)/b10-7+/i2D,3D,4D,5D,6D,7D,10D. The van der Waals surface area contributed by atoms with Gasteiger partial charge in [-0.05, 0) is 17.7 Å². The fraction of sp³-hybridized carbons (Fsp3) is 0.0476. The number of hydrogen-bond donors (Lipinski definition) is 1. The minimum atomic E-state index is -1.06. The van der Waals surface area contributed by atoms with Gasteiger partial charge in [-0.2, -0.15) is 0 Å². The second kappa shape index (κ2) is 7.21. The van der Waals surface area contributed by atoms with Gasteiger partial charge in [-0.15, -0.1) is 0 Å². The van der Waals surface area contributed by atoms with Gasteiger partial charge >= 0.3 is 0 Å². The fourth-order valence-corrected chi connectivity index (χ4v) is 2.44. The van der Waals surface area contributed by atoms with E-state index >= 15 is 0 Å². The SMILES string of the molecule is [2H]/C(C(=O)Nc1ncc2ccc(-c3cncn3C)cc2n1)=C(/[2H])c1c([2H])c([2H])c([2H])c([2H])c1[2H]. The summed E-state index contributed by atoms with van der Waals surface area (Å²) in [7, 11) is 1.86. The van der Waals surface area contributed by atoms with Crippen LogP contribution in [0.5, 0.6) is 0 Å². The Morgan fingerprint density at radius 1 is 1.26 bits per heavy atom. The summed E-state index contributed by atoms with van der Waals surface area (Å²) in [5.74, 6) is -1.17. The summed E-state index contributed by atoms with van der Waals surface area (Å²) in [6, 6.07) is 0.516. The van der Waals surface area contributed by atoms with Gasteiger partial charge in [-0.25, -0.2) is 15.0 Å². The van der Waals surface area contributed by atoms with Crippen LogP contribution in [0.2, 0.25) is 0 Å². The van der Waals surface area contributed by atoms with Gasteiger partial charge in [0.15, 0.2) is 0 Å². The molecule has 6 heteroatoms. The van der Waals surface area contributed by atoms with E-state index in [-0.39, 0.29) is 5.95 Å². The van der Waals surface area contributed by atoms with Crippen LogP contribution in [0, 0.1) is 0 Å². The average molecular weight is 362 g/mol. The van der Waals surface area contributed by atoms with Crippen LogP contribution < -0.4 is 5.32 Å². The van der Waals surface area contributed by atoms with Gasteiger partial charge in [0.25, 0.3) is 5.91 Å². The van der Waals surface area contributed by atoms with E-state index in [2.05, 4.69) is 20.3 Å². The average Bonchev–Trinajstić information content (AvgIpc) is 3.26. The van der Waals surface area contributed by atoms with Gasteiger partial charge < -0.3 is 4.57 Å². The summed E-state index contributed by atoms with van der Waals surface area (Å²) in [5.41, 5.74) is 1.70. The molecule has 132 valence electrons. The third kappa shape index (κ3) is 3.74. The maximum absolute atomic E-state index is 12.6. The molecule has 6 nitrogen and oxygen atoms in total. The Morgan fingerprint density at radius 2 is 2.11 bits per heavy atom. The van der Waals surface area contributed by atoms with Crippen molar-refractivity contribution in [3.63, 3.8) is 0 Å². The van der Waals surface area contributed by atoms with Crippen molar-refractivity contribution in [3.05, 3.63) is 78.7 Å². The third-order valence-corrected chi connectivity index (χ3v) is 3.72. The molecular weight excluding hydrogens is 338 g/mol. The predicted octanol–water partition coefficient (Wildman–Crippen LogP) is 3.68. The molecule has 0 aliphatic carbocycles. The third-order valence-electron chi connectivity index (χ3n) is 3.72. The van der Waals surface area contributed by atoms with Crippen molar-refractivity contribution >= 4 is 28.8 Å². The van der Waals surface area contributed by atoms with Crippen molar-refractivity contribution in [2.75, 3.05) is 5.32 Å². The van der Waals surface area contributed by atoms with Gasteiger partial charge in [0.2, 0.25) is 5.95 Å². The van der Waals surface area contributed by atoms with Gasteiger partial charge in [0.1, 0.15) is 0 Å². The number of carbonyl (C=O) groups is 1. The van der Waals surface area contributed by atoms with E-state index in [4.69, 9.17) is 9.60 Å². The monoisotopic (exact) mass is 362 g/mol. The Hall–Kier alpha value is -3.80. The molecule has 1 N–H and O–H groups in total. The lowest BCUT2D eigenvalue weighted by atomic mass is 10.1. The zero-order valence-electron chi connectivity index (χ0n) is 21.2. The lowest BCUT2D eigenvalue weighted by molar-refractivity contribution is -0.111. The van der Waals surface area contributed by atoms with Crippen molar-refractivity contribution < 1.29 is 14.4 Å². The number of fused-ring (bicyclic) bond motifs is 1.